The number of amides is 2. The Kier molecular flexibility index (Phi) is 4.62. The fraction of sp³-hybridized carbons (Fsp3) is 0.318. The molecule has 2 aromatic carbocycles. The number of imide groups is 1. The number of nitrogens with zero attached hydrogens (tertiary/aromatic N) is 1. The van der Waals surface area contributed by atoms with Crippen molar-refractivity contribution < 1.29 is 29.2 Å². The first-order valence-corrected chi connectivity index (χ1v) is 9.43. The Bertz CT molecular complexity index is 959. The lowest BCUT2D eigenvalue weighted by Gasteiger charge is -2.25. The van der Waals surface area contributed by atoms with E-state index < -0.39 is 23.3 Å². The number of fused-ring (bicyclic) bond motifs is 1. The number of quaternary nitrogens is 1. The lowest BCUT2D eigenvalue weighted by molar-refractivity contribution is -0.730. The van der Waals surface area contributed by atoms with Crippen molar-refractivity contribution in [1.82, 2.24) is 0 Å². The number of carbonyl (C=O) groups excluding carboxylic acids is 3. The molecule has 7 nitrogen and oxygen atoms in total. The maximum absolute atomic E-state index is 13.4. The Hall–Kier alpha value is -3.19. The van der Waals surface area contributed by atoms with Crippen LogP contribution in [0.3, 0.4) is 0 Å². The zero-order valence-corrected chi connectivity index (χ0v) is 16.5. The first-order valence-electron chi connectivity index (χ1n) is 9.43. The summed E-state index contributed by atoms with van der Waals surface area (Å²) in [6.45, 7) is 1.68. The van der Waals surface area contributed by atoms with Crippen molar-refractivity contribution in [2.24, 2.45) is 11.8 Å². The third-order valence-corrected chi connectivity index (χ3v) is 6.05. The zero-order chi connectivity index (χ0) is 20.8. The smallest absolute Gasteiger partial charge is 0.368 e. The fourth-order valence-corrected chi connectivity index (χ4v) is 4.64. The standard InChI is InChI=1S/C22H22N2O5/c1-22(21(27)29-3)17-16(18(23-22)13-9-11-15(28-2)12-10-13)19(25)24(20(17)26)14-7-5-4-6-8-14/h4-12,16-18,23H,1-3H3/p+1/t16-,17-,18-,22+/m0/s1. The number of benzene rings is 2. The van der Waals surface area contributed by atoms with Gasteiger partial charge in [-0.05, 0) is 36.4 Å². The number of rotatable bonds is 4. The minimum atomic E-state index is -1.19. The Morgan fingerprint density at radius 1 is 1.00 bits per heavy atom. The first-order chi connectivity index (χ1) is 13.9. The molecule has 0 unspecified atom stereocenters. The lowest BCUT2D eigenvalue weighted by Crippen LogP contribution is -2.97. The number of ether oxygens (including phenoxy) is 2. The van der Waals surface area contributed by atoms with E-state index in [9.17, 15) is 14.4 Å². The van der Waals surface area contributed by atoms with Gasteiger partial charge in [0.1, 0.15) is 23.6 Å². The quantitative estimate of drug-likeness (QED) is 0.618. The summed E-state index contributed by atoms with van der Waals surface area (Å²) in [4.78, 5) is 40.7. The van der Waals surface area contributed by atoms with E-state index in [4.69, 9.17) is 9.47 Å². The van der Waals surface area contributed by atoms with Crippen LogP contribution in [-0.2, 0) is 19.1 Å². The molecule has 2 fully saturated rings. The molecule has 0 bridgehead atoms. The summed E-state index contributed by atoms with van der Waals surface area (Å²) < 4.78 is 10.2. The van der Waals surface area contributed by atoms with Crippen molar-refractivity contribution in [2.75, 3.05) is 19.1 Å². The van der Waals surface area contributed by atoms with E-state index in [0.717, 1.165) is 5.56 Å². The number of anilines is 1. The summed E-state index contributed by atoms with van der Waals surface area (Å²) in [5, 5.41) is 1.80. The van der Waals surface area contributed by atoms with Gasteiger partial charge in [0.15, 0.2) is 0 Å². The SMILES string of the molecule is COC(=O)[C@]1(C)[NH2+][C@@H](c2ccc(OC)cc2)[C@H]2C(=O)N(c3ccccc3)C(=O)[C@H]21. The van der Waals surface area contributed by atoms with Gasteiger partial charge in [0.2, 0.25) is 17.4 Å². The van der Waals surface area contributed by atoms with Crippen LogP contribution in [-0.4, -0.2) is 37.5 Å². The molecule has 4 atom stereocenters. The van der Waals surface area contributed by atoms with Crippen molar-refractivity contribution >= 4 is 23.5 Å². The molecule has 2 N–H and O–H groups in total. The molecule has 0 aliphatic carbocycles. The van der Waals surface area contributed by atoms with E-state index in [2.05, 4.69) is 0 Å². The minimum Gasteiger partial charge on any atom is -0.497 e. The number of carbonyl (C=O) groups is 3. The van der Waals surface area contributed by atoms with Gasteiger partial charge in [0, 0.05) is 12.5 Å². The Labute approximate surface area is 168 Å². The number of hydrogen-bond acceptors (Lipinski definition) is 5. The van der Waals surface area contributed by atoms with Crippen LogP contribution in [0.4, 0.5) is 5.69 Å². The van der Waals surface area contributed by atoms with Crippen LogP contribution in [0.2, 0.25) is 0 Å². The van der Waals surface area contributed by atoms with Gasteiger partial charge in [-0.25, -0.2) is 9.69 Å². The van der Waals surface area contributed by atoms with Crippen molar-refractivity contribution in [3.8, 4) is 5.75 Å². The highest BCUT2D eigenvalue weighted by Gasteiger charge is 2.70. The second kappa shape index (κ2) is 7.00. The summed E-state index contributed by atoms with van der Waals surface area (Å²) in [7, 11) is 2.88. The maximum atomic E-state index is 13.4. The molecule has 29 heavy (non-hydrogen) atoms. The van der Waals surface area contributed by atoms with Gasteiger partial charge in [-0.3, -0.25) is 9.59 Å². The molecule has 0 aromatic heterocycles. The third kappa shape index (κ3) is 2.81. The molecule has 2 amide bonds. The monoisotopic (exact) mass is 395 g/mol. The molecule has 0 spiro atoms. The maximum Gasteiger partial charge on any atom is 0.368 e. The van der Waals surface area contributed by atoms with Crippen LogP contribution in [0.1, 0.15) is 18.5 Å². The number of para-hydroxylation sites is 1. The Morgan fingerprint density at radius 3 is 2.24 bits per heavy atom. The van der Waals surface area contributed by atoms with Crippen LogP contribution in [0.15, 0.2) is 54.6 Å². The fourth-order valence-electron chi connectivity index (χ4n) is 4.64. The van der Waals surface area contributed by atoms with Gasteiger partial charge in [-0.1, -0.05) is 18.2 Å². The molecule has 2 aromatic rings. The second-order valence-corrected chi connectivity index (χ2v) is 7.59. The molecule has 2 aliphatic heterocycles. The molecule has 2 saturated heterocycles. The summed E-state index contributed by atoms with van der Waals surface area (Å²) >= 11 is 0. The van der Waals surface area contributed by atoms with Crippen molar-refractivity contribution in [3.63, 3.8) is 0 Å². The Morgan fingerprint density at radius 2 is 1.66 bits per heavy atom. The van der Waals surface area contributed by atoms with E-state index in [1.807, 2.05) is 30.3 Å². The minimum absolute atomic E-state index is 0.295. The number of methoxy groups -OCH3 is 2. The van der Waals surface area contributed by atoms with E-state index >= 15 is 0 Å². The van der Waals surface area contributed by atoms with Crippen LogP contribution in [0.5, 0.6) is 5.75 Å². The zero-order valence-electron chi connectivity index (χ0n) is 16.5. The molecule has 2 heterocycles. The second-order valence-electron chi connectivity index (χ2n) is 7.59. The average Bonchev–Trinajstić information content (AvgIpc) is 3.22. The summed E-state index contributed by atoms with van der Waals surface area (Å²) in [6.07, 6.45) is 0. The predicted molar refractivity (Wildman–Crippen MR) is 104 cm³/mol. The van der Waals surface area contributed by atoms with E-state index in [1.54, 1.807) is 43.6 Å². The molecule has 0 radical (unpaired) electrons. The van der Waals surface area contributed by atoms with Crippen LogP contribution >= 0.6 is 0 Å². The molecule has 7 heteroatoms. The van der Waals surface area contributed by atoms with Gasteiger partial charge in [-0.15, -0.1) is 0 Å². The topological polar surface area (TPSA) is 89.5 Å². The lowest BCUT2D eigenvalue weighted by atomic mass is 9.80. The predicted octanol–water partition coefficient (Wildman–Crippen LogP) is 1.05. The number of esters is 1. The molecular weight excluding hydrogens is 372 g/mol. The average molecular weight is 395 g/mol. The number of hydrogen-bond donors (Lipinski definition) is 1. The summed E-state index contributed by atoms with van der Waals surface area (Å²) in [5.74, 6) is -1.96. The van der Waals surface area contributed by atoms with E-state index in [0.29, 0.717) is 11.4 Å². The highest BCUT2D eigenvalue weighted by Crippen LogP contribution is 2.45. The molecule has 150 valence electrons. The van der Waals surface area contributed by atoms with Gasteiger partial charge >= 0.3 is 5.97 Å². The van der Waals surface area contributed by atoms with Gasteiger partial charge in [-0.2, -0.15) is 0 Å². The van der Waals surface area contributed by atoms with Crippen LogP contribution < -0.4 is 15.0 Å². The van der Waals surface area contributed by atoms with Gasteiger partial charge < -0.3 is 14.8 Å². The normalized spacial score (nSPS) is 28.4. The van der Waals surface area contributed by atoms with E-state index in [1.165, 1.54) is 12.0 Å². The summed E-state index contributed by atoms with van der Waals surface area (Å²) in [5.41, 5.74) is 0.169. The van der Waals surface area contributed by atoms with Crippen molar-refractivity contribution in [3.05, 3.63) is 60.2 Å². The first kappa shape index (κ1) is 19.1. The molecule has 0 saturated carbocycles. The van der Waals surface area contributed by atoms with Gasteiger partial charge in [0.05, 0.1) is 19.9 Å². The molecule has 4 rings (SSSR count). The van der Waals surface area contributed by atoms with Crippen molar-refractivity contribution in [1.29, 1.82) is 0 Å². The highest BCUT2D eigenvalue weighted by atomic mass is 16.5. The summed E-state index contributed by atoms with van der Waals surface area (Å²) in [6, 6.07) is 15.8. The largest absolute Gasteiger partial charge is 0.497 e. The molecular formula is C22H23N2O5+. The number of nitrogens with two attached hydrogens (primary N) is 1. The van der Waals surface area contributed by atoms with Gasteiger partial charge in [0.25, 0.3) is 0 Å². The third-order valence-electron chi connectivity index (χ3n) is 6.05. The van der Waals surface area contributed by atoms with Crippen molar-refractivity contribution in [2.45, 2.75) is 18.5 Å². The highest BCUT2D eigenvalue weighted by molar-refractivity contribution is 6.23. The Balaban J connectivity index is 1.80. The van der Waals surface area contributed by atoms with Crippen LogP contribution in [0, 0.1) is 11.8 Å². The molecule has 2 aliphatic rings. The van der Waals surface area contributed by atoms with Crippen LogP contribution in [0.25, 0.3) is 0 Å². The van der Waals surface area contributed by atoms with E-state index in [-0.39, 0.29) is 17.9 Å².